The zero-order valence-corrected chi connectivity index (χ0v) is 6.73. The fourth-order valence-electron chi connectivity index (χ4n) is 0.726. The maximum absolute atomic E-state index is 2.27. The third-order valence-electron chi connectivity index (χ3n) is 1.27. The molecule has 1 radical (unpaired) electrons. The van der Waals surface area contributed by atoms with E-state index in [4.69, 9.17) is 0 Å². The maximum Gasteiger partial charge on any atom is 0.165 e. The minimum Gasteiger partial charge on any atom is -0.0620 e. The van der Waals surface area contributed by atoms with Gasteiger partial charge in [0.25, 0.3) is 0 Å². The predicted octanol–water partition coefficient (Wildman–Crippen LogP) is 2.05. The van der Waals surface area contributed by atoms with Crippen LogP contribution >= 0.6 is 7.92 Å². The molecular formula is C8H11P+. The highest BCUT2D eigenvalue weighted by Gasteiger charge is 2.07. The minimum atomic E-state index is 0.104. The van der Waals surface area contributed by atoms with E-state index in [1.54, 1.807) is 0 Å². The van der Waals surface area contributed by atoms with Crippen LogP contribution in [0.3, 0.4) is 0 Å². The van der Waals surface area contributed by atoms with E-state index in [2.05, 4.69) is 43.7 Å². The first-order valence-corrected chi connectivity index (χ1v) is 5.26. The number of benzene rings is 1. The van der Waals surface area contributed by atoms with Gasteiger partial charge < -0.3 is 0 Å². The second kappa shape index (κ2) is 2.98. The van der Waals surface area contributed by atoms with Crippen molar-refractivity contribution in [2.24, 2.45) is 0 Å². The molecule has 0 aliphatic rings. The molecule has 0 fully saturated rings. The highest BCUT2D eigenvalue weighted by atomic mass is 31.1. The first-order chi connectivity index (χ1) is 4.30. The van der Waals surface area contributed by atoms with Gasteiger partial charge >= 0.3 is 0 Å². The van der Waals surface area contributed by atoms with Crippen LogP contribution in [-0.4, -0.2) is 13.3 Å². The van der Waals surface area contributed by atoms with Crippen molar-refractivity contribution in [3.63, 3.8) is 0 Å². The van der Waals surface area contributed by atoms with Crippen LogP contribution in [0.2, 0.25) is 0 Å². The first kappa shape index (κ1) is 6.77. The van der Waals surface area contributed by atoms with E-state index in [0.717, 1.165) is 0 Å². The Morgan fingerprint density at radius 1 is 1.00 bits per heavy atom. The second-order valence-corrected chi connectivity index (χ2v) is 4.54. The molecule has 0 nitrogen and oxygen atoms in total. The molecule has 1 aromatic rings. The van der Waals surface area contributed by atoms with Crippen LogP contribution in [-0.2, 0) is 0 Å². The number of hydrogen-bond donors (Lipinski definition) is 0. The normalized spacial score (nSPS) is 10.1. The molecule has 1 rings (SSSR count). The fraction of sp³-hybridized carbons (Fsp3) is 0.250. The minimum absolute atomic E-state index is 0.104. The zero-order chi connectivity index (χ0) is 6.69. The third kappa shape index (κ3) is 1.80. The molecule has 0 aromatic heterocycles. The van der Waals surface area contributed by atoms with Gasteiger partial charge in [-0.1, -0.05) is 18.2 Å². The lowest BCUT2D eigenvalue weighted by atomic mass is 10.4. The Hall–Kier alpha value is -0.350. The number of hydrogen-bond acceptors (Lipinski definition) is 0. The van der Waals surface area contributed by atoms with Gasteiger partial charge in [0, 0.05) is 0 Å². The Morgan fingerprint density at radius 3 is 1.89 bits per heavy atom. The van der Waals surface area contributed by atoms with E-state index >= 15 is 0 Å². The molecule has 0 saturated heterocycles. The maximum atomic E-state index is 2.27. The Labute approximate surface area is 57.7 Å². The summed E-state index contributed by atoms with van der Waals surface area (Å²) in [6.07, 6.45) is 0. The van der Waals surface area contributed by atoms with Gasteiger partial charge in [0.15, 0.2) is 7.92 Å². The molecule has 0 heterocycles. The van der Waals surface area contributed by atoms with Gasteiger partial charge in [-0.25, -0.2) is 0 Å². The van der Waals surface area contributed by atoms with Crippen LogP contribution < -0.4 is 5.30 Å². The summed E-state index contributed by atoms with van der Waals surface area (Å²) in [6.45, 7) is 4.54. The number of rotatable bonds is 1. The molecule has 0 spiro atoms. The van der Waals surface area contributed by atoms with Crippen molar-refractivity contribution in [1.29, 1.82) is 0 Å². The van der Waals surface area contributed by atoms with Crippen molar-refractivity contribution in [3.05, 3.63) is 30.3 Å². The Balaban J connectivity index is 2.85. The van der Waals surface area contributed by atoms with Crippen LogP contribution in [0.4, 0.5) is 0 Å². The molecule has 0 aliphatic carbocycles. The molecule has 0 saturated carbocycles. The zero-order valence-electron chi connectivity index (χ0n) is 5.83. The SMILES string of the molecule is C[P+](C)c1ccccc1. The topological polar surface area (TPSA) is 0 Å². The summed E-state index contributed by atoms with van der Waals surface area (Å²) in [7, 11) is 0.104. The lowest BCUT2D eigenvalue weighted by Crippen LogP contribution is -1.95. The van der Waals surface area contributed by atoms with Gasteiger partial charge in [-0.3, -0.25) is 0 Å². The van der Waals surface area contributed by atoms with Crippen LogP contribution in [0.5, 0.6) is 0 Å². The Bertz CT molecular complexity index is 167. The average molecular weight is 138 g/mol. The molecule has 0 aliphatic heterocycles. The Kier molecular flexibility index (Phi) is 2.24. The summed E-state index contributed by atoms with van der Waals surface area (Å²) in [4.78, 5) is 0. The molecule has 0 bridgehead atoms. The van der Waals surface area contributed by atoms with Crippen molar-refractivity contribution in [2.45, 2.75) is 0 Å². The summed E-state index contributed by atoms with van der Waals surface area (Å²) < 4.78 is 0. The van der Waals surface area contributed by atoms with Crippen LogP contribution in [0.15, 0.2) is 30.3 Å². The third-order valence-corrected chi connectivity index (χ3v) is 2.60. The standard InChI is InChI=1S/C8H11P/c1-9(2)8-6-4-3-5-7-8/h3-7H,1-2H3/q+1. The molecule has 47 valence electrons. The quantitative estimate of drug-likeness (QED) is 0.521. The molecule has 0 atom stereocenters. The van der Waals surface area contributed by atoms with E-state index in [-0.39, 0.29) is 7.92 Å². The van der Waals surface area contributed by atoms with Gasteiger partial charge in [-0.15, -0.1) is 0 Å². The van der Waals surface area contributed by atoms with Crippen LogP contribution in [0.25, 0.3) is 0 Å². The summed E-state index contributed by atoms with van der Waals surface area (Å²) in [5, 5.41) is 1.48. The van der Waals surface area contributed by atoms with E-state index in [9.17, 15) is 0 Å². The molecule has 0 amide bonds. The monoisotopic (exact) mass is 138 g/mol. The predicted molar refractivity (Wildman–Crippen MR) is 44.8 cm³/mol. The Morgan fingerprint density at radius 2 is 1.56 bits per heavy atom. The summed E-state index contributed by atoms with van der Waals surface area (Å²) >= 11 is 0. The summed E-state index contributed by atoms with van der Waals surface area (Å²) in [5.74, 6) is 0. The van der Waals surface area contributed by atoms with Gasteiger partial charge in [0.1, 0.15) is 5.30 Å². The lowest BCUT2D eigenvalue weighted by Gasteiger charge is -1.89. The average Bonchev–Trinajstić information content (AvgIpc) is 1.90. The van der Waals surface area contributed by atoms with E-state index in [1.165, 1.54) is 5.30 Å². The van der Waals surface area contributed by atoms with Crippen molar-refractivity contribution in [1.82, 2.24) is 0 Å². The fourth-order valence-corrected chi connectivity index (χ4v) is 1.49. The van der Waals surface area contributed by atoms with E-state index in [1.807, 2.05) is 0 Å². The lowest BCUT2D eigenvalue weighted by molar-refractivity contribution is 1.77. The second-order valence-electron chi connectivity index (χ2n) is 2.23. The first-order valence-electron chi connectivity index (χ1n) is 3.03. The van der Waals surface area contributed by atoms with E-state index in [0.29, 0.717) is 0 Å². The molecular weight excluding hydrogens is 127 g/mol. The molecule has 1 aromatic carbocycles. The van der Waals surface area contributed by atoms with Crippen molar-refractivity contribution in [3.8, 4) is 0 Å². The van der Waals surface area contributed by atoms with Gasteiger partial charge in [0.05, 0.1) is 13.3 Å². The van der Waals surface area contributed by atoms with Gasteiger partial charge in [-0.2, -0.15) is 0 Å². The highest BCUT2D eigenvalue weighted by Crippen LogP contribution is 2.22. The van der Waals surface area contributed by atoms with Crippen LogP contribution in [0, 0.1) is 0 Å². The van der Waals surface area contributed by atoms with E-state index < -0.39 is 0 Å². The summed E-state index contributed by atoms with van der Waals surface area (Å²) in [5.41, 5.74) is 0. The summed E-state index contributed by atoms with van der Waals surface area (Å²) in [6, 6.07) is 10.6. The largest absolute Gasteiger partial charge is 0.165 e. The molecule has 1 heteroatoms. The smallest absolute Gasteiger partial charge is 0.0620 e. The van der Waals surface area contributed by atoms with Gasteiger partial charge in [0.2, 0.25) is 0 Å². The van der Waals surface area contributed by atoms with Crippen molar-refractivity contribution >= 4 is 13.2 Å². The molecule has 0 unspecified atom stereocenters. The van der Waals surface area contributed by atoms with Crippen molar-refractivity contribution in [2.75, 3.05) is 13.3 Å². The molecule has 9 heavy (non-hydrogen) atoms. The molecule has 0 N–H and O–H groups in total. The van der Waals surface area contributed by atoms with Crippen LogP contribution in [0.1, 0.15) is 0 Å². The van der Waals surface area contributed by atoms with Gasteiger partial charge in [-0.05, 0) is 12.1 Å². The van der Waals surface area contributed by atoms with Crippen molar-refractivity contribution < 1.29 is 0 Å². The highest BCUT2D eigenvalue weighted by molar-refractivity contribution is 7.64.